The second-order valence-electron chi connectivity index (χ2n) is 1.88. The monoisotopic (exact) mass is 245 g/mol. The Hall–Kier alpha value is -0.295. The van der Waals surface area contributed by atoms with Crippen LogP contribution < -0.4 is 16.0 Å². The Labute approximate surface area is 95.9 Å². The van der Waals surface area contributed by atoms with Gasteiger partial charge in [-0.25, -0.2) is 0 Å². The lowest BCUT2D eigenvalue weighted by Crippen LogP contribution is -2.07. The van der Waals surface area contributed by atoms with Gasteiger partial charge in [0.15, 0.2) is 0 Å². The van der Waals surface area contributed by atoms with Crippen molar-refractivity contribution in [3.05, 3.63) is 0 Å². The average Bonchev–Trinajstić information content (AvgIpc) is 2.28. The van der Waals surface area contributed by atoms with Crippen molar-refractivity contribution in [2.75, 3.05) is 41.3 Å². The van der Waals surface area contributed by atoms with Gasteiger partial charge in [0.25, 0.3) is 0 Å². The number of aliphatic hydroxyl groups excluding tert-OH is 3. The summed E-state index contributed by atoms with van der Waals surface area (Å²) in [4.78, 5) is 0. The average molecular weight is 245 g/mol. The van der Waals surface area contributed by atoms with E-state index in [2.05, 4.69) is 16.0 Å². The van der Waals surface area contributed by atoms with Crippen LogP contribution >= 0.6 is 0 Å². The minimum atomic E-state index is -2.17. The van der Waals surface area contributed by atoms with Crippen LogP contribution in [0.5, 0.6) is 0 Å². The summed E-state index contributed by atoms with van der Waals surface area (Å²) in [6.07, 6.45) is 0. The van der Waals surface area contributed by atoms with Gasteiger partial charge < -0.3 is 30.4 Å². The zero-order valence-electron chi connectivity index (χ0n) is 9.88. The fraction of sp³-hybridized carbons (Fsp3) is 1.00. The molecule has 9 N–H and O–H groups in total. The van der Waals surface area contributed by atoms with Gasteiger partial charge in [-0.05, 0) is 21.1 Å². The quantitative estimate of drug-likeness (QED) is 0.176. The summed E-state index contributed by atoms with van der Waals surface area (Å²) in [6, 6.07) is 0. The molecule has 0 aliphatic rings. The van der Waals surface area contributed by atoms with Gasteiger partial charge in [-0.2, -0.15) is 0 Å². The van der Waals surface area contributed by atoms with E-state index >= 15 is 0 Å². The van der Waals surface area contributed by atoms with Gasteiger partial charge in [-0.1, -0.05) is 0 Å². The van der Waals surface area contributed by atoms with Crippen molar-refractivity contribution in [3.63, 3.8) is 0 Å². The van der Waals surface area contributed by atoms with E-state index in [4.69, 9.17) is 30.4 Å². The van der Waals surface area contributed by atoms with Gasteiger partial charge >= 0.3 is 7.32 Å². The molecular formula is C6H24BN3O6. The van der Waals surface area contributed by atoms with Crippen molar-refractivity contribution in [1.29, 1.82) is 0 Å². The van der Waals surface area contributed by atoms with Crippen molar-refractivity contribution in [2.45, 2.75) is 0 Å². The molecular weight excluding hydrogens is 221 g/mol. The first-order chi connectivity index (χ1) is 7.47. The molecule has 0 bridgehead atoms. The Balaban J connectivity index is -0.0000000600. The molecule has 0 unspecified atom stereocenters. The highest BCUT2D eigenvalue weighted by Crippen LogP contribution is 1.40. The van der Waals surface area contributed by atoms with Crippen LogP contribution in [-0.2, 0) is 0 Å². The van der Waals surface area contributed by atoms with Crippen molar-refractivity contribution >= 4 is 7.32 Å². The minimum Gasteiger partial charge on any atom is -0.402 e. The molecule has 0 heterocycles. The second-order valence-corrected chi connectivity index (χ2v) is 1.88. The number of hydrogen-bond donors (Lipinski definition) is 9. The number of rotatable bonds is 3. The van der Waals surface area contributed by atoms with E-state index in [-0.39, 0.29) is 20.2 Å². The predicted molar refractivity (Wildman–Crippen MR) is 60.8 cm³/mol. The van der Waals surface area contributed by atoms with E-state index < -0.39 is 7.32 Å². The summed E-state index contributed by atoms with van der Waals surface area (Å²) in [5, 5.41) is 52.2. The van der Waals surface area contributed by atoms with E-state index in [1.807, 2.05) is 0 Å². The maximum atomic E-state index is 7.76. The molecule has 0 saturated heterocycles. The van der Waals surface area contributed by atoms with E-state index in [0.717, 1.165) is 0 Å². The summed E-state index contributed by atoms with van der Waals surface area (Å²) in [5.74, 6) is 0. The van der Waals surface area contributed by atoms with Crippen molar-refractivity contribution in [1.82, 2.24) is 16.0 Å². The molecule has 0 atom stereocenters. The first-order valence-corrected chi connectivity index (χ1v) is 4.28. The van der Waals surface area contributed by atoms with Crippen LogP contribution in [0.2, 0.25) is 0 Å². The lowest BCUT2D eigenvalue weighted by atomic mass is 10.3. The summed E-state index contributed by atoms with van der Waals surface area (Å²) >= 11 is 0. The van der Waals surface area contributed by atoms with Crippen molar-refractivity contribution in [2.24, 2.45) is 0 Å². The van der Waals surface area contributed by atoms with Gasteiger partial charge in [0.2, 0.25) is 0 Å². The first kappa shape index (κ1) is 24.8. The molecule has 0 spiro atoms. The van der Waals surface area contributed by atoms with Gasteiger partial charge in [-0.15, -0.1) is 0 Å². The molecule has 0 fully saturated rings. The fourth-order valence-electron chi connectivity index (χ4n) is 0. The van der Waals surface area contributed by atoms with E-state index in [9.17, 15) is 0 Å². The molecule has 16 heavy (non-hydrogen) atoms. The smallest absolute Gasteiger partial charge is 0.402 e. The number of aliphatic hydroxyl groups is 3. The third-order valence-electron chi connectivity index (χ3n) is 0.474. The molecule has 0 aromatic rings. The van der Waals surface area contributed by atoms with Gasteiger partial charge in [0.05, 0.1) is 20.2 Å². The zero-order chi connectivity index (χ0) is 13.8. The molecule has 10 heteroatoms. The maximum Gasteiger partial charge on any atom is 0.631 e. The highest BCUT2D eigenvalue weighted by Gasteiger charge is 1.92. The Kier molecular flexibility index (Phi) is 56.5. The van der Waals surface area contributed by atoms with Crippen molar-refractivity contribution < 1.29 is 30.4 Å². The summed E-state index contributed by atoms with van der Waals surface area (Å²) in [5.41, 5.74) is 0. The summed E-state index contributed by atoms with van der Waals surface area (Å²) in [7, 11) is 2.88. The van der Waals surface area contributed by atoms with Gasteiger partial charge in [-0.3, -0.25) is 16.0 Å². The molecule has 0 amide bonds. The Morgan fingerprint density at radius 3 is 0.750 bits per heavy atom. The molecule has 0 saturated carbocycles. The molecule has 0 aromatic carbocycles. The normalized spacial score (nSPS) is 7.31. The molecule has 0 aliphatic heterocycles. The molecule has 0 rings (SSSR count). The molecule has 0 aromatic heterocycles. The molecule has 0 aliphatic carbocycles. The number of hydrogen-bond acceptors (Lipinski definition) is 9. The van der Waals surface area contributed by atoms with Crippen LogP contribution in [0.15, 0.2) is 0 Å². The van der Waals surface area contributed by atoms with Crippen LogP contribution in [0.3, 0.4) is 0 Å². The Morgan fingerprint density at radius 1 is 0.688 bits per heavy atom. The Bertz CT molecular complexity index is 65.0. The first-order valence-electron chi connectivity index (χ1n) is 4.28. The summed E-state index contributed by atoms with van der Waals surface area (Å²) in [6.45, 7) is 0.208. The SMILES string of the molecule is CNCO.CNCO.CNCO.OB(O)O. The third kappa shape index (κ3) is 302. The second kappa shape index (κ2) is 36.4. The van der Waals surface area contributed by atoms with E-state index in [0.29, 0.717) is 0 Å². The topological polar surface area (TPSA) is 157 Å². The highest BCUT2D eigenvalue weighted by molar-refractivity contribution is 6.30. The maximum absolute atomic E-state index is 7.76. The van der Waals surface area contributed by atoms with Crippen LogP contribution in [-0.4, -0.2) is 79.0 Å². The van der Waals surface area contributed by atoms with Crippen molar-refractivity contribution in [3.8, 4) is 0 Å². The molecule has 0 radical (unpaired) electrons. The van der Waals surface area contributed by atoms with Gasteiger partial charge in [0, 0.05) is 0 Å². The highest BCUT2D eigenvalue weighted by atomic mass is 16.5. The number of nitrogens with one attached hydrogen (secondary N) is 3. The standard InChI is InChI=1S/3C2H7NO.BH3O3/c3*1-3-2-4;2-1(3)4/h3*3-4H,2H2,1H3;2-4H. The van der Waals surface area contributed by atoms with Crippen LogP contribution in [0.25, 0.3) is 0 Å². The minimum absolute atomic E-state index is 0.0694. The fourth-order valence-corrected chi connectivity index (χ4v) is 0. The van der Waals surface area contributed by atoms with Gasteiger partial charge in [0.1, 0.15) is 0 Å². The van der Waals surface area contributed by atoms with E-state index in [1.165, 1.54) is 0 Å². The zero-order valence-corrected chi connectivity index (χ0v) is 9.88. The van der Waals surface area contributed by atoms with Crippen LogP contribution in [0.4, 0.5) is 0 Å². The van der Waals surface area contributed by atoms with Crippen LogP contribution in [0, 0.1) is 0 Å². The molecule has 102 valence electrons. The van der Waals surface area contributed by atoms with E-state index in [1.54, 1.807) is 21.1 Å². The van der Waals surface area contributed by atoms with Crippen LogP contribution in [0.1, 0.15) is 0 Å². The largest absolute Gasteiger partial charge is 0.631 e. The lowest BCUT2D eigenvalue weighted by Gasteiger charge is -1.76. The summed E-state index contributed by atoms with van der Waals surface area (Å²) < 4.78 is 0. The molecule has 9 nitrogen and oxygen atoms in total. The predicted octanol–water partition coefficient (Wildman–Crippen LogP) is -4.58. The lowest BCUT2D eigenvalue weighted by molar-refractivity contribution is 0.272. The Morgan fingerprint density at radius 2 is 0.750 bits per heavy atom. The third-order valence-corrected chi connectivity index (χ3v) is 0.474.